The normalized spacial score (nSPS) is 17.8. The van der Waals surface area contributed by atoms with Gasteiger partial charge in [-0.3, -0.25) is 0 Å². The molecule has 0 radical (unpaired) electrons. The fourth-order valence-electron chi connectivity index (χ4n) is 2.35. The zero-order valence-electron chi connectivity index (χ0n) is 11.6. The second kappa shape index (κ2) is 5.17. The molecular formula is C17H16N2S. The lowest BCUT2D eigenvalue weighted by atomic mass is 9.96. The van der Waals surface area contributed by atoms with Gasteiger partial charge in [-0.1, -0.05) is 59.7 Å². The van der Waals surface area contributed by atoms with E-state index in [0.29, 0.717) is 5.11 Å². The Morgan fingerprint density at radius 2 is 1.45 bits per heavy atom. The summed E-state index contributed by atoms with van der Waals surface area (Å²) in [5, 5.41) is 3.84. The molecule has 1 N–H and O–H groups in total. The van der Waals surface area contributed by atoms with Crippen LogP contribution in [-0.4, -0.2) is 10.8 Å². The molecule has 3 heteroatoms. The lowest BCUT2D eigenvalue weighted by molar-refractivity contribution is 0.867. The number of hydrogen-bond donors (Lipinski definition) is 1. The number of aliphatic imine (C=N–C) groups is 1. The van der Waals surface area contributed by atoms with E-state index in [0.717, 1.165) is 11.3 Å². The van der Waals surface area contributed by atoms with Crippen LogP contribution in [0.2, 0.25) is 0 Å². The van der Waals surface area contributed by atoms with Gasteiger partial charge in [0, 0.05) is 0 Å². The number of rotatable bonds is 2. The van der Waals surface area contributed by atoms with Gasteiger partial charge < -0.3 is 5.32 Å². The SMILES string of the molecule is Cc1ccc(C2=NC(=S)NC2c2ccc(C)cc2)cc1. The largest absolute Gasteiger partial charge is 0.348 e. The van der Waals surface area contributed by atoms with Crippen LogP contribution in [0.25, 0.3) is 0 Å². The molecule has 0 bridgehead atoms. The first-order valence-corrected chi connectivity index (χ1v) is 7.07. The minimum Gasteiger partial charge on any atom is -0.348 e. The zero-order chi connectivity index (χ0) is 14.1. The average Bonchev–Trinajstić information content (AvgIpc) is 2.82. The van der Waals surface area contributed by atoms with Crippen molar-refractivity contribution in [3.05, 3.63) is 70.8 Å². The molecule has 1 aliphatic rings. The molecule has 1 heterocycles. The summed E-state index contributed by atoms with van der Waals surface area (Å²) in [6, 6.07) is 16.9. The van der Waals surface area contributed by atoms with Crippen LogP contribution in [0.3, 0.4) is 0 Å². The summed E-state index contributed by atoms with van der Waals surface area (Å²) in [5.74, 6) is 0. The summed E-state index contributed by atoms with van der Waals surface area (Å²) in [6.07, 6.45) is 0. The van der Waals surface area contributed by atoms with Gasteiger partial charge in [-0.15, -0.1) is 0 Å². The van der Waals surface area contributed by atoms with Crippen molar-refractivity contribution in [1.82, 2.24) is 5.32 Å². The van der Waals surface area contributed by atoms with Gasteiger partial charge in [-0.05, 0) is 37.2 Å². The van der Waals surface area contributed by atoms with Crippen LogP contribution in [0.1, 0.15) is 28.3 Å². The van der Waals surface area contributed by atoms with Crippen molar-refractivity contribution < 1.29 is 0 Å². The maximum atomic E-state index is 5.23. The van der Waals surface area contributed by atoms with Gasteiger partial charge in [-0.25, -0.2) is 4.99 Å². The molecule has 1 aliphatic heterocycles. The predicted octanol–water partition coefficient (Wildman–Crippen LogP) is 3.72. The summed E-state index contributed by atoms with van der Waals surface area (Å²) in [4.78, 5) is 4.51. The summed E-state index contributed by atoms with van der Waals surface area (Å²) >= 11 is 5.23. The third kappa shape index (κ3) is 2.49. The summed E-state index contributed by atoms with van der Waals surface area (Å²) < 4.78 is 0. The molecular weight excluding hydrogens is 264 g/mol. The third-order valence-corrected chi connectivity index (χ3v) is 3.73. The highest BCUT2D eigenvalue weighted by atomic mass is 32.1. The lowest BCUT2D eigenvalue weighted by Gasteiger charge is -2.15. The second-order valence-corrected chi connectivity index (χ2v) is 5.54. The Balaban J connectivity index is 1.99. The molecule has 0 amide bonds. The Hall–Kier alpha value is -2.00. The van der Waals surface area contributed by atoms with Gasteiger partial charge in [0.2, 0.25) is 0 Å². The van der Waals surface area contributed by atoms with E-state index in [4.69, 9.17) is 12.2 Å². The van der Waals surface area contributed by atoms with E-state index in [2.05, 4.69) is 72.7 Å². The standard InChI is InChI=1S/C17H16N2S/c1-11-3-7-13(8-4-11)15-16(19-17(20)18-15)14-9-5-12(2)6-10-14/h3-10,15H,1-2H3,(H,18,20). The van der Waals surface area contributed by atoms with Crippen molar-refractivity contribution in [3.63, 3.8) is 0 Å². The van der Waals surface area contributed by atoms with Crippen LogP contribution >= 0.6 is 12.2 Å². The van der Waals surface area contributed by atoms with Gasteiger partial charge in [0.25, 0.3) is 0 Å². The van der Waals surface area contributed by atoms with Crippen molar-refractivity contribution in [2.75, 3.05) is 0 Å². The van der Waals surface area contributed by atoms with Crippen molar-refractivity contribution in [2.24, 2.45) is 4.99 Å². The fourth-order valence-corrected chi connectivity index (χ4v) is 2.57. The minimum absolute atomic E-state index is 0.0470. The number of nitrogens with one attached hydrogen (secondary N) is 1. The lowest BCUT2D eigenvalue weighted by Crippen LogP contribution is -2.23. The molecule has 1 atom stereocenters. The zero-order valence-corrected chi connectivity index (χ0v) is 12.4. The van der Waals surface area contributed by atoms with Crippen LogP contribution in [0, 0.1) is 13.8 Å². The van der Waals surface area contributed by atoms with Crippen molar-refractivity contribution >= 4 is 23.0 Å². The molecule has 2 nitrogen and oxygen atoms in total. The van der Waals surface area contributed by atoms with Gasteiger partial charge in [0.15, 0.2) is 5.11 Å². The topological polar surface area (TPSA) is 24.4 Å². The van der Waals surface area contributed by atoms with Crippen LogP contribution < -0.4 is 5.32 Å². The quantitative estimate of drug-likeness (QED) is 0.848. The smallest absolute Gasteiger partial charge is 0.193 e. The first-order valence-electron chi connectivity index (χ1n) is 6.66. The summed E-state index contributed by atoms with van der Waals surface area (Å²) in [7, 11) is 0. The monoisotopic (exact) mass is 280 g/mol. The molecule has 20 heavy (non-hydrogen) atoms. The number of benzene rings is 2. The Bertz CT molecular complexity index is 669. The maximum absolute atomic E-state index is 5.23. The molecule has 2 aromatic rings. The van der Waals surface area contributed by atoms with E-state index >= 15 is 0 Å². The van der Waals surface area contributed by atoms with Crippen LogP contribution in [-0.2, 0) is 0 Å². The number of hydrogen-bond acceptors (Lipinski definition) is 1. The second-order valence-electron chi connectivity index (χ2n) is 5.16. The number of nitrogens with zero attached hydrogens (tertiary/aromatic N) is 1. The molecule has 0 fully saturated rings. The molecule has 0 aromatic heterocycles. The highest BCUT2D eigenvalue weighted by Crippen LogP contribution is 2.24. The molecule has 0 saturated heterocycles. The molecule has 1 unspecified atom stereocenters. The summed E-state index contributed by atoms with van der Waals surface area (Å²) in [5.41, 5.74) is 5.81. The van der Waals surface area contributed by atoms with Crippen LogP contribution in [0.4, 0.5) is 0 Å². The Labute approximate surface area is 124 Å². The third-order valence-electron chi connectivity index (χ3n) is 3.52. The minimum atomic E-state index is 0.0470. The molecule has 0 saturated carbocycles. The van der Waals surface area contributed by atoms with E-state index in [1.54, 1.807) is 0 Å². The Morgan fingerprint density at radius 3 is 2.05 bits per heavy atom. The first-order chi connectivity index (χ1) is 9.63. The first kappa shape index (κ1) is 13.0. The van der Waals surface area contributed by atoms with Crippen LogP contribution in [0.5, 0.6) is 0 Å². The number of aryl methyl sites for hydroxylation is 2. The molecule has 2 aromatic carbocycles. The summed E-state index contributed by atoms with van der Waals surface area (Å²) in [6.45, 7) is 4.17. The van der Waals surface area contributed by atoms with Crippen molar-refractivity contribution in [3.8, 4) is 0 Å². The van der Waals surface area contributed by atoms with E-state index in [-0.39, 0.29) is 6.04 Å². The van der Waals surface area contributed by atoms with Crippen LogP contribution in [0.15, 0.2) is 53.5 Å². The molecule has 0 spiro atoms. The molecule has 100 valence electrons. The van der Waals surface area contributed by atoms with Gasteiger partial charge >= 0.3 is 0 Å². The van der Waals surface area contributed by atoms with Gasteiger partial charge in [0.05, 0.1) is 11.8 Å². The van der Waals surface area contributed by atoms with Crippen molar-refractivity contribution in [1.29, 1.82) is 0 Å². The van der Waals surface area contributed by atoms with Gasteiger partial charge in [-0.2, -0.15) is 0 Å². The van der Waals surface area contributed by atoms with E-state index in [1.165, 1.54) is 16.7 Å². The van der Waals surface area contributed by atoms with Crippen molar-refractivity contribution in [2.45, 2.75) is 19.9 Å². The average molecular weight is 280 g/mol. The molecule has 0 aliphatic carbocycles. The fraction of sp³-hybridized carbons (Fsp3) is 0.176. The predicted molar refractivity (Wildman–Crippen MR) is 87.4 cm³/mol. The van der Waals surface area contributed by atoms with E-state index in [1.807, 2.05) is 0 Å². The Kier molecular flexibility index (Phi) is 3.36. The van der Waals surface area contributed by atoms with E-state index < -0.39 is 0 Å². The highest BCUT2D eigenvalue weighted by molar-refractivity contribution is 7.80. The molecule has 3 rings (SSSR count). The van der Waals surface area contributed by atoms with E-state index in [9.17, 15) is 0 Å². The van der Waals surface area contributed by atoms with Gasteiger partial charge in [0.1, 0.15) is 0 Å². The highest BCUT2D eigenvalue weighted by Gasteiger charge is 2.26. The Morgan fingerprint density at radius 1 is 0.900 bits per heavy atom. The maximum Gasteiger partial charge on any atom is 0.193 e. The number of thiocarbonyl (C=S) groups is 1.